The molecule has 3 heteroatoms. The molecule has 1 N–H and O–H groups in total. The van der Waals surface area contributed by atoms with Crippen molar-refractivity contribution in [3.05, 3.63) is 34.6 Å². The SMILES string of the molecule is CC1(C)CC1CNCc1cc(F)cc(Cl)c1. The molecule has 1 fully saturated rings. The molecule has 1 aliphatic carbocycles. The number of hydrogen-bond acceptors (Lipinski definition) is 1. The van der Waals surface area contributed by atoms with Crippen molar-refractivity contribution in [3.8, 4) is 0 Å². The fourth-order valence-corrected chi connectivity index (χ4v) is 2.27. The van der Waals surface area contributed by atoms with Gasteiger partial charge < -0.3 is 5.32 Å². The lowest BCUT2D eigenvalue weighted by molar-refractivity contribution is 0.519. The van der Waals surface area contributed by atoms with Crippen molar-refractivity contribution in [2.24, 2.45) is 11.3 Å². The summed E-state index contributed by atoms with van der Waals surface area (Å²) in [4.78, 5) is 0. The standard InChI is InChI=1S/C13H17ClFN/c1-13(2)6-10(13)8-16-7-9-3-11(14)5-12(15)4-9/h3-5,10,16H,6-8H2,1-2H3. The third-order valence-corrected chi connectivity index (χ3v) is 3.58. The zero-order valence-electron chi connectivity index (χ0n) is 9.69. The Bertz CT molecular complexity index is 369. The third kappa shape index (κ3) is 2.96. The predicted octanol–water partition coefficient (Wildman–Crippen LogP) is 3.61. The van der Waals surface area contributed by atoms with Crippen LogP contribution in [0.2, 0.25) is 5.02 Å². The fourth-order valence-electron chi connectivity index (χ4n) is 2.03. The van der Waals surface area contributed by atoms with Crippen LogP contribution < -0.4 is 5.32 Å². The maximum atomic E-state index is 13.0. The van der Waals surface area contributed by atoms with E-state index < -0.39 is 0 Å². The molecule has 88 valence electrons. The molecule has 1 aromatic carbocycles. The van der Waals surface area contributed by atoms with Gasteiger partial charge in [-0.05, 0) is 48.1 Å². The Morgan fingerprint density at radius 1 is 1.44 bits per heavy atom. The minimum Gasteiger partial charge on any atom is -0.312 e. The number of hydrogen-bond donors (Lipinski definition) is 1. The zero-order valence-corrected chi connectivity index (χ0v) is 10.4. The summed E-state index contributed by atoms with van der Waals surface area (Å²) < 4.78 is 13.0. The van der Waals surface area contributed by atoms with Crippen LogP contribution in [0.4, 0.5) is 4.39 Å². The van der Waals surface area contributed by atoms with E-state index >= 15 is 0 Å². The van der Waals surface area contributed by atoms with E-state index in [1.807, 2.05) is 0 Å². The Hall–Kier alpha value is -0.600. The van der Waals surface area contributed by atoms with Crippen LogP contribution >= 0.6 is 11.6 Å². The van der Waals surface area contributed by atoms with Gasteiger partial charge in [-0.1, -0.05) is 25.4 Å². The van der Waals surface area contributed by atoms with Crippen molar-refractivity contribution in [1.82, 2.24) is 5.32 Å². The summed E-state index contributed by atoms with van der Waals surface area (Å²) in [5.74, 6) is 0.493. The van der Waals surface area contributed by atoms with Gasteiger partial charge in [0.2, 0.25) is 0 Å². The van der Waals surface area contributed by atoms with E-state index in [1.54, 1.807) is 6.07 Å². The van der Waals surface area contributed by atoms with Crippen LogP contribution in [0.5, 0.6) is 0 Å². The van der Waals surface area contributed by atoms with Gasteiger partial charge in [-0.3, -0.25) is 0 Å². The topological polar surface area (TPSA) is 12.0 Å². The molecule has 1 unspecified atom stereocenters. The van der Waals surface area contributed by atoms with Gasteiger partial charge in [0.25, 0.3) is 0 Å². The third-order valence-electron chi connectivity index (χ3n) is 3.36. The summed E-state index contributed by atoms with van der Waals surface area (Å²) in [6.45, 7) is 6.24. The molecule has 1 aliphatic rings. The first kappa shape index (κ1) is 11.9. The molecule has 0 aliphatic heterocycles. The lowest BCUT2D eigenvalue weighted by Crippen LogP contribution is -2.18. The van der Waals surface area contributed by atoms with Crippen molar-refractivity contribution in [1.29, 1.82) is 0 Å². The van der Waals surface area contributed by atoms with Crippen LogP contribution in [-0.2, 0) is 6.54 Å². The second-order valence-electron chi connectivity index (χ2n) is 5.30. The first-order valence-corrected chi connectivity index (χ1v) is 6.01. The molecule has 0 heterocycles. The highest BCUT2D eigenvalue weighted by molar-refractivity contribution is 6.30. The average Bonchev–Trinajstić information content (AvgIpc) is 2.72. The van der Waals surface area contributed by atoms with E-state index in [9.17, 15) is 4.39 Å². The van der Waals surface area contributed by atoms with Crippen molar-refractivity contribution >= 4 is 11.6 Å². The zero-order chi connectivity index (χ0) is 11.8. The molecule has 16 heavy (non-hydrogen) atoms. The van der Waals surface area contributed by atoms with Gasteiger partial charge in [0.15, 0.2) is 0 Å². The monoisotopic (exact) mass is 241 g/mol. The van der Waals surface area contributed by atoms with Crippen LogP contribution in [0.3, 0.4) is 0 Å². The molecule has 1 saturated carbocycles. The Morgan fingerprint density at radius 3 is 2.69 bits per heavy atom. The Morgan fingerprint density at radius 2 is 2.12 bits per heavy atom. The first-order valence-electron chi connectivity index (χ1n) is 5.63. The van der Waals surface area contributed by atoms with Crippen molar-refractivity contribution in [2.75, 3.05) is 6.54 Å². The minimum atomic E-state index is -0.268. The molecule has 0 amide bonds. The van der Waals surface area contributed by atoms with Crippen LogP contribution in [0, 0.1) is 17.2 Å². The van der Waals surface area contributed by atoms with E-state index in [-0.39, 0.29) is 5.82 Å². The summed E-state index contributed by atoms with van der Waals surface area (Å²) in [5, 5.41) is 3.81. The molecule has 0 bridgehead atoms. The van der Waals surface area contributed by atoms with Gasteiger partial charge in [0, 0.05) is 11.6 Å². The van der Waals surface area contributed by atoms with Crippen molar-refractivity contribution in [3.63, 3.8) is 0 Å². The molecule has 1 nitrogen and oxygen atoms in total. The lowest BCUT2D eigenvalue weighted by Gasteiger charge is -2.07. The van der Waals surface area contributed by atoms with E-state index in [4.69, 9.17) is 11.6 Å². The number of nitrogens with one attached hydrogen (secondary N) is 1. The molecule has 1 atom stereocenters. The molecule has 0 radical (unpaired) electrons. The maximum absolute atomic E-state index is 13.0. The highest BCUT2D eigenvalue weighted by Crippen LogP contribution is 2.50. The molecule has 0 saturated heterocycles. The Kier molecular flexibility index (Phi) is 3.22. The highest BCUT2D eigenvalue weighted by Gasteiger charge is 2.44. The van der Waals surface area contributed by atoms with Gasteiger partial charge in [-0.2, -0.15) is 0 Å². The number of benzene rings is 1. The average molecular weight is 242 g/mol. The quantitative estimate of drug-likeness (QED) is 0.849. The Labute approximate surface area is 101 Å². The molecule has 1 aromatic rings. The van der Waals surface area contributed by atoms with Gasteiger partial charge >= 0.3 is 0 Å². The van der Waals surface area contributed by atoms with Crippen LogP contribution in [-0.4, -0.2) is 6.54 Å². The van der Waals surface area contributed by atoms with Crippen LogP contribution in [0.1, 0.15) is 25.8 Å². The predicted molar refractivity (Wildman–Crippen MR) is 65.0 cm³/mol. The normalized spacial score (nSPS) is 22.1. The second-order valence-corrected chi connectivity index (χ2v) is 5.73. The second kappa shape index (κ2) is 4.34. The smallest absolute Gasteiger partial charge is 0.125 e. The Balaban J connectivity index is 1.81. The maximum Gasteiger partial charge on any atom is 0.125 e. The van der Waals surface area contributed by atoms with E-state index in [1.165, 1.54) is 18.6 Å². The lowest BCUT2D eigenvalue weighted by atomic mass is 10.1. The van der Waals surface area contributed by atoms with E-state index in [0.29, 0.717) is 17.0 Å². The first-order chi connectivity index (χ1) is 7.47. The van der Waals surface area contributed by atoms with E-state index in [0.717, 1.165) is 18.0 Å². The number of halogens is 2. The molecular weight excluding hydrogens is 225 g/mol. The summed E-state index contributed by atoms with van der Waals surface area (Å²) in [5.41, 5.74) is 1.40. The van der Waals surface area contributed by atoms with Gasteiger partial charge in [-0.25, -0.2) is 4.39 Å². The van der Waals surface area contributed by atoms with Crippen LogP contribution in [0.15, 0.2) is 18.2 Å². The summed E-state index contributed by atoms with van der Waals surface area (Å²) in [6.07, 6.45) is 1.28. The largest absolute Gasteiger partial charge is 0.312 e. The summed E-state index contributed by atoms with van der Waals surface area (Å²) >= 11 is 5.78. The van der Waals surface area contributed by atoms with E-state index in [2.05, 4.69) is 19.2 Å². The number of rotatable bonds is 4. The molecular formula is C13H17ClFN. The van der Waals surface area contributed by atoms with Gasteiger partial charge in [0.05, 0.1) is 0 Å². The van der Waals surface area contributed by atoms with Crippen molar-refractivity contribution < 1.29 is 4.39 Å². The molecule has 0 aromatic heterocycles. The molecule has 2 rings (SSSR count). The summed E-state index contributed by atoms with van der Waals surface area (Å²) in [7, 11) is 0. The van der Waals surface area contributed by atoms with Crippen molar-refractivity contribution in [2.45, 2.75) is 26.8 Å². The minimum absolute atomic E-state index is 0.268. The highest BCUT2D eigenvalue weighted by atomic mass is 35.5. The summed E-state index contributed by atoms with van der Waals surface area (Å²) in [6, 6.07) is 4.65. The fraction of sp³-hybridized carbons (Fsp3) is 0.538. The molecule has 0 spiro atoms. The van der Waals surface area contributed by atoms with Gasteiger partial charge in [-0.15, -0.1) is 0 Å². The van der Waals surface area contributed by atoms with Gasteiger partial charge in [0.1, 0.15) is 5.82 Å². The van der Waals surface area contributed by atoms with Crippen LogP contribution in [0.25, 0.3) is 0 Å².